The molecular weight excluding hydrogens is 308 g/mol. The number of nitrogens with one attached hydrogen (secondary N) is 1. The van der Waals surface area contributed by atoms with E-state index in [1.165, 1.54) is 30.2 Å². The Morgan fingerprint density at radius 1 is 1.30 bits per heavy atom. The van der Waals surface area contributed by atoms with Gasteiger partial charge in [-0.15, -0.1) is 0 Å². The van der Waals surface area contributed by atoms with Gasteiger partial charge in [-0.25, -0.2) is 12.7 Å². The lowest BCUT2D eigenvalue weighted by molar-refractivity contribution is 0.226. The van der Waals surface area contributed by atoms with E-state index in [0.717, 1.165) is 25.8 Å². The molecule has 1 fully saturated rings. The number of hydrogen-bond donors (Lipinski definition) is 1. The van der Waals surface area contributed by atoms with Crippen LogP contribution in [0.3, 0.4) is 0 Å². The van der Waals surface area contributed by atoms with Crippen molar-refractivity contribution in [3.8, 4) is 0 Å². The molecule has 1 saturated heterocycles. The highest BCUT2D eigenvalue weighted by Gasteiger charge is 2.33. The summed E-state index contributed by atoms with van der Waals surface area (Å²) in [5.41, 5.74) is 2.89. The number of rotatable bonds is 4. The maximum absolute atomic E-state index is 11.8. The Morgan fingerprint density at radius 2 is 2.09 bits per heavy atom. The van der Waals surface area contributed by atoms with E-state index in [2.05, 4.69) is 36.5 Å². The maximum Gasteiger partial charge on any atom is 0.211 e. The molecule has 23 heavy (non-hydrogen) atoms. The highest BCUT2D eigenvalue weighted by atomic mass is 32.2. The molecule has 0 bridgehead atoms. The molecule has 0 radical (unpaired) electrons. The van der Waals surface area contributed by atoms with E-state index in [4.69, 9.17) is 0 Å². The summed E-state index contributed by atoms with van der Waals surface area (Å²) in [5, 5.41) is 3.77. The molecule has 2 atom stereocenters. The van der Waals surface area contributed by atoms with Gasteiger partial charge in [-0.1, -0.05) is 24.3 Å². The van der Waals surface area contributed by atoms with E-state index >= 15 is 0 Å². The smallest absolute Gasteiger partial charge is 0.211 e. The van der Waals surface area contributed by atoms with Crippen molar-refractivity contribution in [1.29, 1.82) is 0 Å². The molecule has 0 saturated carbocycles. The lowest BCUT2D eigenvalue weighted by Gasteiger charge is -2.39. The third-order valence-corrected chi connectivity index (χ3v) is 6.74. The molecule has 0 amide bonds. The van der Waals surface area contributed by atoms with Gasteiger partial charge in [-0.2, -0.15) is 0 Å². The number of benzene rings is 1. The van der Waals surface area contributed by atoms with Crippen molar-refractivity contribution in [3.63, 3.8) is 0 Å². The molecule has 5 heteroatoms. The molecule has 0 aromatic heterocycles. The molecule has 1 heterocycles. The van der Waals surface area contributed by atoms with Crippen molar-refractivity contribution in [3.05, 3.63) is 35.4 Å². The summed E-state index contributed by atoms with van der Waals surface area (Å²) in [6.07, 6.45) is 6.91. The van der Waals surface area contributed by atoms with Gasteiger partial charge < -0.3 is 5.32 Å². The van der Waals surface area contributed by atoms with Crippen LogP contribution < -0.4 is 5.32 Å². The lowest BCUT2D eigenvalue weighted by Crippen LogP contribution is -2.48. The summed E-state index contributed by atoms with van der Waals surface area (Å²) in [5.74, 6) is 0.407. The van der Waals surface area contributed by atoms with Crippen molar-refractivity contribution >= 4 is 10.0 Å². The molecule has 1 aliphatic heterocycles. The van der Waals surface area contributed by atoms with E-state index < -0.39 is 10.0 Å². The SMILES string of the molecule is C[C@@]1(NC[C@H]2CCCN(S(C)(=O)=O)C2)CCCc2ccccc21. The summed E-state index contributed by atoms with van der Waals surface area (Å²) in [7, 11) is -3.06. The first kappa shape index (κ1) is 16.9. The van der Waals surface area contributed by atoms with Crippen molar-refractivity contribution < 1.29 is 8.42 Å². The van der Waals surface area contributed by atoms with Gasteiger partial charge in [-0.3, -0.25) is 0 Å². The molecule has 0 unspecified atom stereocenters. The number of sulfonamides is 1. The highest BCUT2D eigenvalue weighted by Crippen LogP contribution is 2.35. The fraction of sp³-hybridized carbons (Fsp3) is 0.667. The fourth-order valence-electron chi connectivity index (χ4n) is 4.09. The Balaban J connectivity index is 1.67. The molecule has 128 valence electrons. The van der Waals surface area contributed by atoms with Gasteiger partial charge >= 0.3 is 0 Å². The van der Waals surface area contributed by atoms with E-state index in [1.807, 2.05) is 0 Å². The van der Waals surface area contributed by atoms with Crippen LogP contribution in [0.5, 0.6) is 0 Å². The van der Waals surface area contributed by atoms with Crippen LogP contribution >= 0.6 is 0 Å². The van der Waals surface area contributed by atoms with Crippen molar-refractivity contribution in [2.45, 2.75) is 44.6 Å². The summed E-state index contributed by atoms with van der Waals surface area (Å²) < 4.78 is 25.2. The Labute approximate surface area is 140 Å². The average Bonchev–Trinajstić information content (AvgIpc) is 2.53. The first-order valence-corrected chi connectivity index (χ1v) is 10.5. The summed E-state index contributed by atoms with van der Waals surface area (Å²) in [4.78, 5) is 0. The topological polar surface area (TPSA) is 49.4 Å². The van der Waals surface area contributed by atoms with Crippen LogP contribution in [0, 0.1) is 5.92 Å². The first-order chi connectivity index (χ1) is 10.9. The molecule has 1 aromatic carbocycles. The second kappa shape index (κ2) is 6.54. The lowest BCUT2D eigenvalue weighted by atomic mass is 9.77. The predicted molar refractivity (Wildman–Crippen MR) is 93.9 cm³/mol. The fourth-order valence-corrected chi connectivity index (χ4v) is 5.03. The minimum absolute atomic E-state index is 0.0161. The number of piperidine rings is 1. The zero-order valence-electron chi connectivity index (χ0n) is 14.2. The molecule has 2 aliphatic rings. The van der Waals surface area contributed by atoms with Gasteiger partial charge in [0.1, 0.15) is 0 Å². The molecule has 1 N–H and O–H groups in total. The van der Waals surface area contributed by atoms with Gasteiger partial charge in [0.2, 0.25) is 10.0 Å². The third kappa shape index (κ3) is 3.78. The van der Waals surface area contributed by atoms with Gasteiger partial charge in [0.25, 0.3) is 0 Å². The summed E-state index contributed by atoms with van der Waals surface area (Å²) >= 11 is 0. The Hall–Kier alpha value is -0.910. The molecule has 1 aliphatic carbocycles. The van der Waals surface area contributed by atoms with Crippen LogP contribution in [0.15, 0.2) is 24.3 Å². The standard InChI is InChI=1S/C18H28N2O2S/c1-18(11-5-9-16-8-3-4-10-17(16)18)19-13-15-7-6-12-20(14-15)23(2,21)22/h3-4,8,10,15,19H,5-7,9,11-14H2,1-2H3/t15-,18-/m1/s1. The quantitative estimate of drug-likeness (QED) is 0.919. The van der Waals surface area contributed by atoms with Gasteiger partial charge in [-0.05, 0) is 56.1 Å². The van der Waals surface area contributed by atoms with Gasteiger partial charge in [0, 0.05) is 25.2 Å². The molecular formula is C18H28N2O2S. The second-order valence-corrected chi connectivity index (χ2v) is 9.34. The monoisotopic (exact) mass is 336 g/mol. The Morgan fingerprint density at radius 3 is 2.87 bits per heavy atom. The highest BCUT2D eigenvalue weighted by molar-refractivity contribution is 7.88. The predicted octanol–water partition coefficient (Wildman–Crippen LogP) is 2.50. The Kier molecular flexibility index (Phi) is 4.81. The molecule has 4 nitrogen and oxygen atoms in total. The average molecular weight is 337 g/mol. The van der Waals surface area contributed by atoms with E-state index in [9.17, 15) is 8.42 Å². The van der Waals surface area contributed by atoms with Crippen LogP contribution in [0.25, 0.3) is 0 Å². The van der Waals surface area contributed by atoms with Gasteiger partial charge in [0.05, 0.1) is 6.26 Å². The minimum Gasteiger partial charge on any atom is -0.307 e. The Bertz CT molecular complexity index is 659. The zero-order chi connectivity index (χ0) is 16.5. The number of fused-ring (bicyclic) bond motifs is 1. The van der Waals surface area contributed by atoms with Crippen LogP contribution in [-0.2, 0) is 22.0 Å². The van der Waals surface area contributed by atoms with Crippen LogP contribution in [0.1, 0.15) is 43.7 Å². The summed E-state index contributed by atoms with van der Waals surface area (Å²) in [6, 6.07) is 8.72. The number of hydrogen-bond acceptors (Lipinski definition) is 3. The van der Waals surface area contributed by atoms with Crippen LogP contribution in [0.2, 0.25) is 0 Å². The summed E-state index contributed by atoms with van der Waals surface area (Å²) in [6.45, 7) is 4.51. The van der Waals surface area contributed by atoms with Crippen molar-refractivity contribution in [2.24, 2.45) is 5.92 Å². The molecule has 3 rings (SSSR count). The second-order valence-electron chi connectivity index (χ2n) is 7.35. The number of nitrogens with zero attached hydrogens (tertiary/aromatic N) is 1. The zero-order valence-corrected chi connectivity index (χ0v) is 15.0. The maximum atomic E-state index is 11.8. The van der Waals surface area contributed by atoms with Crippen molar-refractivity contribution in [1.82, 2.24) is 9.62 Å². The first-order valence-electron chi connectivity index (χ1n) is 8.67. The van der Waals surface area contributed by atoms with E-state index in [-0.39, 0.29) is 5.54 Å². The molecule has 1 aromatic rings. The van der Waals surface area contributed by atoms with Gasteiger partial charge in [0.15, 0.2) is 0 Å². The van der Waals surface area contributed by atoms with E-state index in [1.54, 1.807) is 4.31 Å². The van der Waals surface area contributed by atoms with Crippen LogP contribution in [-0.4, -0.2) is 38.6 Å². The van der Waals surface area contributed by atoms with E-state index in [0.29, 0.717) is 19.0 Å². The third-order valence-electron chi connectivity index (χ3n) is 5.47. The largest absolute Gasteiger partial charge is 0.307 e. The van der Waals surface area contributed by atoms with Crippen LogP contribution in [0.4, 0.5) is 0 Å². The molecule has 0 spiro atoms. The van der Waals surface area contributed by atoms with Crippen molar-refractivity contribution in [2.75, 3.05) is 25.9 Å². The normalized spacial score (nSPS) is 29.2. The minimum atomic E-state index is -3.06. The number of aryl methyl sites for hydroxylation is 1.